The largest absolute Gasteiger partial charge is 0.465 e. The van der Waals surface area contributed by atoms with E-state index in [-0.39, 0.29) is 17.9 Å². The number of esters is 1. The van der Waals surface area contributed by atoms with Gasteiger partial charge >= 0.3 is 5.97 Å². The van der Waals surface area contributed by atoms with E-state index in [9.17, 15) is 14.4 Å². The Labute approximate surface area is 141 Å². The monoisotopic (exact) mass is 328 g/mol. The highest BCUT2D eigenvalue weighted by Crippen LogP contribution is 2.12. The summed E-state index contributed by atoms with van der Waals surface area (Å²) in [6.07, 6.45) is 1.64. The van der Waals surface area contributed by atoms with Gasteiger partial charge in [-0.25, -0.2) is 4.79 Å². The Hall–Kier alpha value is -2.81. The van der Waals surface area contributed by atoms with Gasteiger partial charge in [-0.2, -0.15) is 0 Å². The second kappa shape index (κ2) is 8.16. The molecule has 1 aliphatic rings. The predicted octanol–water partition coefficient (Wildman–Crippen LogP) is 1.22. The zero-order chi connectivity index (χ0) is 17.5. The van der Waals surface area contributed by atoms with E-state index < -0.39 is 5.97 Å². The molecule has 2 amide bonds. The molecule has 0 bridgehead atoms. The standard InChI is InChI=1S/C18H20N2O4/c1-3-5-16(21)20-11-4-6-15(12-20)19-17(22)13-7-9-14(10-8-13)18(23)24-2/h7-10,15H,4,6,11-12H2,1-2H3,(H,19,22). The molecule has 24 heavy (non-hydrogen) atoms. The van der Waals surface area contributed by atoms with Crippen LogP contribution >= 0.6 is 0 Å². The number of rotatable bonds is 3. The van der Waals surface area contributed by atoms with Crippen LogP contribution in [0.25, 0.3) is 0 Å². The van der Waals surface area contributed by atoms with Crippen LogP contribution in [0.4, 0.5) is 0 Å². The summed E-state index contributed by atoms with van der Waals surface area (Å²) in [5.41, 5.74) is 0.848. The molecule has 1 aromatic carbocycles. The van der Waals surface area contributed by atoms with Gasteiger partial charge in [-0.3, -0.25) is 9.59 Å². The number of likely N-dealkylation sites (tertiary alicyclic amines) is 1. The van der Waals surface area contributed by atoms with E-state index in [0.29, 0.717) is 24.2 Å². The lowest BCUT2D eigenvalue weighted by Crippen LogP contribution is -2.49. The summed E-state index contributed by atoms with van der Waals surface area (Å²) in [4.78, 5) is 37.2. The van der Waals surface area contributed by atoms with Crippen molar-refractivity contribution < 1.29 is 19.1 Å². The van der Waals surface area contributed by atoms with E-state index in [0.717, 1.165) is 12.8 Å². The van der Waals surface area contributed by atoms with E-state index in [1.165, 1.54) is 7.11 Å². The molecule has 2 rings (SSSR count). The van der Waals surface area contributed by atoms with E-state index in [2.05, 4.69) is 21.9 Å². The molecule has 1 atom stereocenters. The van der Waals surface area contributed by atoms with Crippen LogP contribution in [0.3, 0.4) is 0 Å². The fraction of sp³-hybridized carbons (Fsp3) is 0.389. The molecule has 1 N–H and O–H groups in total. The zero-order valence-electron chi connectivity index (χ0n) is 13.8. The Morgan fingerprint density at radius 3 is 2.50 bits per heavy atom. The van der Waals surface area contributed by atoms with Crippen molar-refractivity contribution in [2.45, 2.75) is 25.8 Å². The van der Waals surface area contributed by atoms with Crippen LogP contribution in [0.2, 0.25) is 0 Å². The number of nitrogens with zero attached hydrogens (tertiary/aromatic N) is 1. The molecule has 0 radical (unpaired) electrons. The molecule has 1 unspecified atom stereocenters. The molecule has 1 aromatic rings. The van der Waals surface area contributed by atoms with Crippen LogP contribution in [0.1, 0.15) is 40.5 Å². The number of methoxy groups -OCH3 is 1. The number of piperidine rings is 1. The Kier molecular flexibility index (Phi) is 5.96. The van der Waals surface area contributed by atoms with Crippen molar-refractivity contribution in [3.8, 4) is 11.8 Å². The number of benzene rings is 1. The first kappa shape index (κ1) is 17.5. The maximum atomic E-state index is 12.3. The smallest absolute Gasteiger partial charge is 0.337 e. The normalized spacial score (nSPS) is 16.6. The van der Waals surface area contributed by atoms with Gasteiger partial charge in [-0.15, -0.1) is 0 Å². The number of nitrogens with one attached hydrogen (secondary N) is 1. The van der Waals surface area contributed by atoms with Gasteiger partial charge in [0, 0.05) is 24.7 Å². The second-order valence-corrected chi connectivity index (χ2v) is 5.51. The first-order valence-electron chi connectivity index (χ1n) is 7.76. The van der Waals surface area contributed by atoms with E-state index in [1.807, 2.05) is 0 Å². The van der Waals surface area contributed by atoms with Gasteiger partial charge in [-0.1, -0.05) is 5.92 Å². The molecule has 0 aromatic heterocycles. The topological polar surface area (TPSA) is 75.7 Å². The Morgan fingerprint density at radius 2 is 1.88 bits per heavy atom. The first-order valence-corrected chi connectivity index (χ1v) is 7.76. The summed E-state index contributed by atoms with van der Waals surface area (Å²) >= 11 is 0. The minimum absolute atomic E-state index is 0.103. The fourth-order valence-corrected chi connectivity index (χ4v) is 2.61. The summed E-state index contributed by atoms with van der Waals surface area (Å²) in [6, 6.07) is 6.16. The zero-order valence-corrected chi connectivity index (χ0v) is 13.8. The molecular formula is C18H20N2O4. The highest BCUT2D eigenvalue weighted by Gasteiger charge is 2.24. The van der Waals surface area contributed by atoms with Gasteiger partial charge in [0.05, 0.1) is 12.7 Å². The Bertz CT molecular complexity index is 685. The summed E-state index contributed by atoms with van der Waals surface area (Å²) in [5, 5.41) is 2.93. The van der Waals surface area contributed by atoms with Crippen LogP contribution in [-0.4, -0.2) is 48.9 Å². The molecule has 6 nitrogen and oxygen atoms in total. The minimum atomic E-state index is -0.444. The van der Waals surface area contributed by atoms with Crippen LogP contribution in [0.15, 0.2) is 24.3 Å². The highest BCUT2D eigenvalue weighted by atomic mass is 16.5. The summed E-state index contributed by atoms with van der Waals surface area (Å²) in [6.45, 7) is 2.74. The van der Waals surface area contributed by atoms with Crippen molar-refractivity contribution in [3.05, 3.63) is 35.4 Å². The molecule has 1 fully saturated rings. The average Bonchev–Trinajstić information content (AvgIpc) is 2.61. The predicted molar refractivity (Wildman–Crippen MR) is 88.3 cm³/mol. The Morgan fingerprint density at radius 1 is 1.21 bits per heavy atom. The van der Waals surface area contributed by atoms with Crippen molar-refractivity contribution in [2.24, 2.45) is 0 Å². The summed E-state index contributed by atoms with van der Waals surface area (Å²) in [5.74, 6) is 4.24. The van der Waals surface area contributed by atoms with Crippen molar-refractivity contribution in [2.75, 3.05) is 20.2 Å². The quantitative estimate of drug-likeness (QED) is 0.669. The molecule has 1 heterocycles. The maximum absolute atomic E-state index is 12.3. The van der Waals surface area contributed by atoms with Crippen molar-refractivity contribution in [1.29, 1.82) is 0 Å². The van der Waals surface area contributed by atoms with E-state index in [4.69, 9.17) is 0 Å². The number of carbonyl (C=O) groups excluding carboxylic acids is 3. The van der Waals surface area contributed by atoms with Crippen molar-refractivity contribution in [1.82, 2.24) is 10.2 Å². The van der Waals surface area contributed by atoms with Crippen LogP contribution in [0.5, 0.6) is 0 Å². The lowest BCUT2D eigenvalue weighted by molar-refractivity contribution is -0.126. The molecule has 0 spiro atoms. The fourth-order valence-electron chi connectivity index (χ4n) is 2.61. The third kappa shape index (κ3) is 4.35. The van der Waals surface area contributed by atoms with E-state index in [1.54, 1.807) is 36.1 Å². The average molecular weight is 328 g/mol. The molecule has 1 saturated heterocycles. The van der Waals surface area contributed by atoms with E-state index >= 15 is 0 Å². The lowest BCUT2D eigenvalue weighted by atomic mass is 10.0. The van der Waals surface area contributed by atoms with Gasteiger partial charge in [0.25, 0.3) is 11.8 Å². The second-order valence-electron chi connectivity index (χ2n) is 5.51. The number of carbonyl (C=O) groups is 3. The molecule has 1 aliphatic heterocycles. The number of amides is 2. The number of hydrogen-bond donors (Lipinski definition) is 1. The maximum Gasteiger partial charge on any atom is 0.337 e. The van der Waals surface area contributed by atoms with Gasteiger partial charge < -0.3 is 15.0 Å². The SMILES string of the molecule is CC#CC(=O)N1CCCC(NC(=O)c2ccc(C(=O)OC)cc2)C1. The van der Waals surface area contributed by atoms with Gasteiger partial charge in [0.2, 0.25) is 0 Å². The van der Waals surface area contributed by atoms with Crippen LogP contribution in [-0.2, 0) is 9.53 Å². The van der Waals surface area contributed by atoms with Crippen molar-refractivity contribution >= 4 is 17.8 Å². The molecule has 126 valence electrons. The van der Waals surface area contributed by atoms with Crippen molar-refractivity contribution in [3.63, 3.8) is 0 Å². The minimum Gasteiger partial charge on any atom is -0.465 e. The number of ether oxygens (including phenoxy) is 1. The van der Waals surface area contributed by atoms with Gasteiger partial charge in [-0.05, 0) is 50.0 Å². The lowest BCUT2D eigenvalue weighted by Gasteiger charge is -2.32. The summed E-state index contributed by atoms with van der Waals surface area (Å²) in [7, 11) is 1.31. The Balaban J connectivity index is 1.97. The van der Waals surface area contributed by atoms with Crippen LogP contribution in [0, 0.1) is 11.8 Å². The third-order valence-corrected chi connectivity index (χ3v) is 3.84. The highest BCUT2D eigenvalue weighted by molar-refractivity contribution is 5.96. The molecule has 0 saturated carbocycles. The third-order valence-electron chi connectivity index (χ3n) is 3.84. The summed E-state index contributed by atoms with van der Waals surface area (Å²) < 4.78 is 4.62. The molecule has 6 heteroatoms. The van der Waals surface area contributed by atoms with Gasteiger partial charge in [0.15, 0.2) is 0 Å². The van der Waals surface area contributed by atoms with Crippen LogP contribution < -0.4 is 5.32 Å². The van der Waals surface area contributed by atoms with Gasteiger partial charge in [0.1, 0.15) is 0 Å². The molecule has 0 aliphatic carbocycles. The molecular weight excluding hydrogens is 308 g/mol. The first-order chi connectivity index (χ1) is 11.5. The number of hydrogen-bond acceptors (Lipinski definition) is 4.